The zero-order valence-electron chi connectivity index (χ0n) is 15.0. The van der Waals surface area contributed by atoms with Crippen molar-refractivity contribution >= 4 is 28.2 Å². The number of fused-ring (bicyclic) bond motifs is 3. The monoisotopic (exact) mass is 344 g/mol. The van der Waals surface area contributed by atoms with Crippen LogP contribution in [0.2, 0.25) is 0 Å². The third-order valence-electron chi connectivity index (χ3n) is 4.59. The molecule has 0 fully saturated rings. The average molecular weight is 344 g/mol. The Morgan fingerprint density at radius 3 is 2.58 bits per heavy atom. The smallest absolute Gasteiger partial charge is 0.298 e. The highest BCUT2D eigenvalue weighted by Crippen LogP contribution is 2.21. The van der Waals surface area contributed by atoms with Gasteiger partial charge in [0.05, 0.1) is 6.21 Å². The van der Waals surface area contributed by atoms with Crippen molar-refractivity contribution in [1.29, 1.82) is 0 Å². The number of para-hydroxylation sites is 1. The van der Waals surface area contributed by atoms with E-state index in [4.69, 9.17) is 0 Å². The van der Waals surface area contributed by atoms with E-state index < -0.39 is 0 Å². The van der Waals surface area contributed by atoms with Gasteiger partial charge in [-0.2, -0.15) is 9.78 Å². The molecule has 4 aromatic rings. The van der Waals surface area contributed by atoms with Gasteiger partial charge in [0.2, 0.25) is 0 Å². The summed E-state index contributed by atoms with van der Waals surface area (Å²) in [5, 5.41) is 5.31. The first-order valence-electron chi connectivity index (χ1n) is 8.69. The Labute approximate surface area is 151 Å². The molecule has 0 amide bonds. The van der Waals surface area contributed by atoms with Crippen LogP contribution in [0.3, 0.4) is 0 Å². The van der Waals surface area contributed by atoms with Crippen molar-refractivity contribution in [1.82, 2.24) is 14.6 Å². The molecule has 4 rings (SSSR count). The zero-order chi connectivity index (χ0) is 18.3. The highest BCUT2D eigenvalue weighted by atomic mass is 16.1. The number of hydrogen-bond donors (Lipinski definition) is 1. The minimum absolute atomic E-state index is 0.196. The average Bonchev–Trinajstić information content (AvgIpc) is 3.01. The number of aromatic amines is 1. The van der Waals surface area contributed by atoms with Gasteiger partial charge in [0.25, 0.3) is 5.56 Å². The fourth-order valence-corrected chi connectivity index (χ4v) is 3.09. The Morgan fingerprint density at radius 2 is 1.85 bits per heavy atom. The van der Waals surface area contributed by atoms with Crippen LogP contribution in [0, 0.1) is 6.92 Å². The number of aromatic nitrogens is 3. The molecule has 0 atom stereocenters. The minimum atomic E-state index is -0.196. The number of nitrogens with one attached hydrogen (secondary N) is 1. The second-order valence-corrected chi connectivity index (χ2v) is 6.74. The molecule has 26 heavy (non-hydrogen) atoms. The second kappa shape index (κ2) is 6.26. The Kier molecular flexibility index (Phi) is 3.92. The molecule has 0 bridgehead atoms. The van der Waals surface area contributed by atoms with E-state index >= 15 is 0 Å². The molecule has 5 heteroatoms. The Hall–Kier alpha value is -3.21. The Bertz CT molecular complexity index is 1180. The number of nitrogens with zero attached hydrogens (tertiary/aromatic N) is 3. The molecule has 1 N–H and O–H groups in total. The van der Waals surface area contributed by atoms with Crippen LogP contribution >= 0.6 is 0 Å². The number of hydrogen-bond acceptors (Lipinski definition) is 3. The van der Waals surface area contributed by atoms with Gasteiger partial charge in [0.1, 0.15) is 16.9 Å². The van der Waals surface area contributed by atoms with Crippen molar-refractivity contribution in [3.05, 3.63) is 75.8 Å². The van der Waals surface area contributed by atoms with Crippen molar-refractivity contribution in [2.24, 2.45) is 5.10 Å². The van der Waals surface area contributed by atoms with E-state index in [0.717, 1.165) is 16.5 Å². The summed E-state index contributed by atoms with van der Waals surface area (Å²) in [6.45, 7) is 6.11. The molecular weight excluding hydrogens is 324 g/mol. The van der Waals surface area contributed by atoms with E-state index in [-0.39, 0.29) is 5.56 Å². The molecule has 5 nitrogen and oxygen atoms in total. The fraction of sp³-hybridized carbons (Fsp3) is 0.190. The summed E-state index contributed by atoms with van der Waals surface area (Å²) < 4.78 is 1.34. The van der Waals surface area contributed by atoms with Gasteiger partial charge in [-0.3, -0.25) is 4.79 Å². The molecule has 0 saturated carbocycles. The van der Waals surface area contributed by atoms with Crippen LogP contribution in [-0.4, -0.2) is 20.9 Å². The summed E-state index contributed by atoms with van der Waals surface area (Å²) in [5.74, 6) is 1.04. The van der Waals surface area contributed by atoms with Crippen LogP contribution in [0.4, 0.5) is 0 Å². The van der Waals surface area contributed by atoms with E-state index in [9.17, 15) is 4.79 Å². The third kappa shape index (κ3) is 2.71. The van der Waals surface area contributed by atoms with Gasteiger partial charge in [0, 0.05) is 10.9 Å². The molecular formula is C21H20N4O. The maximum Gasteiger partial charge on any atom is 0.298 e. The van der Waals surface area contributed by atoms with E-state index in [0.29, 0.717) is 22.8 Å². The molecule has 0 aliphatic heterocycles. The summed E-state index contributed by atoms with van der Waals surface area (Å²) in [4.78, 5) is 20.6. The lowest BCUT2D eigenvalue weighted by Gasteiger charge is -2.05. The Balaban J connectivity index is 1.79. The standard InChI is InChI=1S/C21H20N4O/c1-13(2)16-10-8-15(9-11-16)12-22-25-14(3)23-19-17-6-4-5-7-18(17)24-20(19)21(25)26/h4-13,24H,1-3H3/b22-12+. The number of aryl methyl sites for hydroxylation is 1. The van der Waals surface area contributed by atoms with Crippen LogP contribution in [0.25, 0.3) is 21.9 Å². The molecule has 2 heterocycles. The molecule has 0 unspecified atom stereocenters. The second-order valence-electron chi connectivity index (χ2n) is 6.74. The quantitative estimate of drug-likeness (QED) is 0.566. The van der Waals surface area contributed by atoms with Crippen molar-refractivity contribution in [3.63, 3.8) is 0 Å². The van der Waals surface area contributed by atoms with Crippen molar-refractivity contribution in [2.75, 3.05) is 0 Å². The molecule has 0 aliphatic carbocycles. The lowest BCUT2D eigenvalue weighted by molar-refractivity contribution is 0.769. The summed E-state index contributed by atoms with van der Waals surface area (Å²) in [6.07, 6.45) is 1.69. The molecule has 0 spiro atoms. The van der Waals surface area contributed by atoms with Gasteiger partial charge in [-0.05, 0) is 30.0 Å². The highest BCUT2D eigenvalue weighted by Gasteiger charge is 2.12. The largest absolute Gasteiger partial charge is 0.349 e. The minimum Gasteiger partial charge on any atom is -0.349 e. The topological polar surface area (TPSA) is 63.0 Å². The van der Waals surface area contributed by atoms with E-state index in [2.05, 4.69) is 41.0 Å². The van der Waals surface area contributed by atoms with Crippen LogP contribution in [0.15, 0.2) is 58.4 Å². The number of H-pyrrole nitrogens is 1. The van der Waals surface area contributed by atoms with Crippen molar-refractivity contribution in [2.45, 2.75) is 26.7 Å². The van der Waals surface area contributed by atoms with Gasteiger partial charge in [-0.25, -0.2) is 4.98 Å². The van der Waals surface area contributed by atoms with Crippen LogP contribution in [0.5, 0.6) is 0 Å². The summed E-state index contributed by atoms with van der Waals surface area (Å²) in [7, 11) is 0. The molecule has 130 valence electrons. The lowest BCUT2D eigenvalue weighted by Crippen LogP contribution is -2.20. The SMILES string of the molecule is Cc1nc2c([nH]c3ccccc32)c(=O)n1/N=C/c1ccc(C(C)C)cc1. The van der Waals surface area contributed by atoms with Crippen molar-refractivity contribution < 1.29 is 0 Å². The van der Waals surface area contributed by atoms with Gasteiger partial charge in [-0.15, -0.1) is 0 Å². The van der Waals surface area contributed by atoms with Gasteiger partial charge >= 0.3 is 0 Å². The van der Waals surface area contributed by atoms with Gasteiger partial charge in [-0.1, -0.05) is 56.3 Å². The first-order valence-corrected chi connectivity index (χ1v) is 8.69. The maximum absolute atomic E-state index is 12.9. The Morgan fingerprint density at radius 1 is 1.12 bits per heavy atom. The normalized spacial score (nSPS) is 12.0. The van der Waals surface area contributed by atoms with Crippen LogP contribution in [0.1, 0.15) is 36.7 Å². The van der Waals surface area contributed by atoms with Gasteiger partial charge in [0.15, 0.2) is 0 Å². The van der Waals surface area contributed by atoms with Crippen LogP contribution < -0.4 is 5.56 Å². The summed E-state index contributed by atoms with van der Waals surface area (Å²) >= 11 is 0. The van der Waals surface area contributed by atoms with Crippen LogP contribution in [-0.2, 0) is 0 Å². The molecule has 2 aromatic carbocycles. The van der Waals surface area contributed by atoms with Crippen molar-refractivity contribution in [3.8, 4) is 0 Å². The molecule has 0 aliphatic rings. The number of benzene rings is 2. The van der Waals surface area contributed by atoms with Gasteiger partial charge < -0.3 is 4.98 Å². The summed E-state index contributed by atoms with van der Waals surface area (Å²) in [5.41, 5.74) is 4.09. The fourth-order valence-electron chi connectivity index (χ4n) is 3.09. The summed E-state index contributed by atoms with van der Waals surface area (Å²) in [6, 6.07) is 16.0. The van der Waals surface area contributed by atoms with E-state index in [1.807, 2.05) is 36.4 Å². The maximum atomic E-state index is 12.9. The first-order chi connectivity index (χ1) is 12.5. The highest BCUT2D eigenvalue weighted by molar-refractivity contribution is 6.04. The molecule has 2 aromatic heterocycles. The predicted octanol–water partition coefficient (Wildman–Crippen LogP) is 4.19. The number of rotatable bonds is 3. The predicted molar refractivity (Wildman–Crippen MR) is 106 cm³/mol. The third-order valence-corrected chi connectivity index (χ3v) is 4.59. The molecule has 0 radical (unpaired) electrons. The molecule has 0 saturated heterocycles. The van der Waals surface area contributed by atoms with E-state index in [1.165, 1.54) is 10.2 Å². The zero-order valence-corrected chi connectivity index (χ0v) is 15.0. The van der Waals surface area contributed by atoms with E-state index in [1.54, 1.807) is 13.1 Å². The first kappa shape index (κ1) is 16.3. The lowest BCUT2D eigenvalue weighted by atomic mass is 10.0.